The highest BCUT2D eigenvalue weighted by Gasteiger charge is 2.05. The van der Waals surface area contributed by atoms with E-state index >= 15 is 0 Å². The highest BCUT2D eigenvalue weighted by molar-refractivity contribution is 5.94. The van der Waals surface area contributed by atoms with Crippen molar-refractivity contribution in [3.63, 3.8) is 0 Å². The lowest BCUT2D eigenvalue weighted by atomic mass is 10.1. The van der Waals surface area contributed by atoms with Gasteiger partial charge >= 0.3 is 0 Å². The van der Waals surface area contributed by atoms with Gasteiger partial charge in [0.2, 0.25) is 0 Å². The lowest BCUT2D eigenvalue weighted by Crippen LogP contribution is -2.25. The number of pyridine rings is 1. The normalized spacial score (nSPS) is 10.8. The number of aromatic nitrogens is 1. The van der Waals surface area contributed by atoms with Crippen LogP contribution in [0.2, 0.25) is 0 Å². The van der Waals surface area contributed by atoms with Crippen LogP contribution in [0.15, 0.2) is 53.3 Å². The number of rotatable bonds is 4. The standard InChI is InChI=1S/C19H17FN2O2/c1-12-10-15-11-13(2-7-17(15)22-18(12)23)8-9-21-19(24)14-3-5-16(20)6-4-14/h2-7,10-11H,8-9H2,1H3,(H,21,24)(H,22,23). The third-order valence-electron chi connectivity index (χ3n) is 3.90. The predicted octanol–water partition coefficient (Wildman–Crippen LogP) is 2.95. The lowest BCUT2D eigenvalue weighted by molar-refractivity contribution is 0.0954. The molecule has 24 heavy (non-hydrogen) atoms. The predicted molar refractivity (Wildman–Crippen MR) is 91.7 cm³/mol. The van der Waals surface area contributed by atoms with Crippen molar-refractivity contribution < 1.29 is 9.18 Å². The Morgan fingerprint density at radius 1 is 1.12 bits per heavy atom. The number of hydrogen-bond acceptors (Lipinski definition) is 2. The van der Waals surface area contributed by atoms with Crippen LogP contribution in [-0.4, -0.2) is 17.4 Å². The molecule has 0 saturated carbocycles. The van der Waals surface area contributed by atoms with E-state index in [4.69, 9.17) is 0 Å². The van der Waals surface area contributed by atoms with Crippen molar-refractivity contribution in [3.05, 3.63) is 81.4 Å². The number of nitrogens with one attached hydrogen (secondary N) is 2. The van der Waals surface area contributed by atoms with Crippen molar-refractivity contribution in [1.82, 2.24) is 10.3 Å². The van der Waals surface area contributed by atoms with Gasteiger partial charge in [0.15, 0.2) is 0 Å². The molecule has 2 N–H and O–H groups in total. The fourth-order valence-corrected chi connectivity index (χ4v) is 2.54. The molecule has 122 valence electrons. The Balaban J connectivity index is 1.65. The van der Waals surface area contributed by atoms with Crippen molar-refractivity contribution in [2.45, 2.75) is 13.3 Å². The van der Waals surface area contributed by atoms with E-state index in [0.717, 1.165) is 16.5 Å². The Hall–Kier alpha value is -2.95. The fraction of sp³-hybridized carbons (Fsp3) is 0.158. The van der Waals surface area contributed by atoms with Gasteiger partial charge in [-0.05, 0) is 66.8 Å². The topological polar surface area (TPSA) is 62.0 Å². The van der Waals surface area contributed by atoms with Gasteiger partial charge in [-0.15, -0.1) is 0 Å². The van der Waals surface area contributed by atoms with E-state index in [1.807, 2.05) is 24.3 Å². The Bertz CT molecular complexity index is 946. The maximum Gasteiger partial charge on any atom is 0.251 e. The number of halogens is 1. The number of aryl methyl sites for hydroxylation is 1. The van der Waals surface area contributed by atoms with Gasteiger partial charge < -0.3 is 10.3 Å². The molecule has 4 nitrogen and oxygen atoms in total. The summed E-state index contributed by atoms with van der Waals surface area (Å²) in [6.07, 6.45) is 0.668. The van der Waals surface area contributed by atoms with Gasteiger partial charge in [-0.25, -0.2) is 4.39 Å². The number of amides is 1. The molecular weight excluding hydrogens is 307 g/mol. The largest absolute Gasteiger partial charge is 0.352 e. The summed E-state index contributed by atoms with van der Waals surface area (Å²) in [5.41, 5.74) is 2.88. The van der Waals surface area contributed by atoms with Gasteiger partial charge in [0, 0.05) is 23.2 Å². The Kier molecular flexibility index (Phi) is 4.42. The first-order chi connectivity index (χ1) is 11.5. The van der Waals surface area contributed by atoms with Gasteiger partial charge in [-0.1, -0.05) is 6.07 Å². The lowest BCUT2D eigenvalue weighted by Gasteiger charge is -2.07. The third-order valence-corrected chi connectivity index (χ3v) is 3.90. The van der Waals surface area contributed by atoms with Crippen LogP contribution < -0.4 is 10.9 Å². The van der Waals surface area contributed by atoms with Crippen molar-refractivity contribution >= 4 is 16.8 Å². The quantitative estimate of drug-likeness (QED) is 0.775. The van der Waals surface area contributed by atoms with E-state index < -0.39 is 0 Å². The smallest absolute Gasteiger partial charge is 0.251 e. The molecule has 1 aromatic heterocycles. The molecular formula is C19H17FN2O2. The number of aromatic amines is 1. The summed E-state index contributed by atoms with van der Waals surface area (Å²) in [5.74, 6) is -0.591. The minimum absolute atomic E-state index is 0.0817. The Morgan fingerprint density at radius 2 is 1.88 bits per heavy atom. The van der Waals surface area contributed by atoms with Crippen molar-refractivity contribution in [1.29, 1.82) is 0 Å². The van der Waals surface area contributed by atoms with Crippen molar-refractivity contribution in [2.24, 2.45) is 0 Å². The molecule has 5 heteroatoms. The molecule has 0 fully saturated rings. The molecule has 0 aliphatic rings. The molecule has 0 atom stereocenters. The summed E-state index contributed by atoms with van der Waals surface area (Å²) < 4.78 is 12.9. The maximum atomic E-state index is 12.9. The van der Waals surface area contributed by atoms with Crippen LogP contribution in [0, 0.1) is 12.7 Å². The molecule has 0 aliphatic carbocycles. The summed E-state index contributed by atoms with van der Waals surface area (Å²) in [4.78, 5) is 26.4. The second kappa shape index (κ2) is 6.66. The molecule has 3 rings (SSSR count). The average molecular weight is 324 g/mol. The number of fused-ring (bicyclic) bond motifs is 1. The molecule has 3 aromatic rings. The summed E-state index contributed by atoms with van der Waals surface area (Å²) in [6, 6.07) is 13.1. The van der Waals surface area contributed by atoms with Crippen molar-refractivity contribution in [3.8, 4) is 0 Å². The van der Waals surface area contributed by atoms with Crippen molar-refractivity contribution in [2.75, 3.05) is 6.54 Å². The Labute approximate surface area is 138 Å². The maximum absolute atomic E-state index is 12.9. The number of carbonyl (C=O) groups excluding carboxylic acids is 1. The van der Waals surface area contributed by atoms with Crippen LogP contribution in [0.5, 0.6) is 0 Å². The second-order valence-corrected chi connectivity index (χ2v) is 5.72. The summed E-state index contributed by atoms with van der Waals surface area (Å²) in [5, 5.41) is 3.78. The number of hydrogen-bond donors (Lipinski definition) is 2. The third kappa shape index (κ3) is 3.51. The molecule has 1 amide bonds. The first kappa shape index (κ1) is 15.9. The average Bonchev–Trinajstić information content (AvgIpc) is 2.56. The highest BCUT2D eigenvalue weighted by atomic mass is 19.1. The van der Waals surface area contributed by atoms with E-state index in [9.17, 15) is 14.0 Å². The van der Waals surface area contributed by atoms with E-state index in [1.165, 1.54) is 24.3 Å². The highest BCUT2D eigenvalue weighted by Crippen LogP contribution is 2.14. The van der Waals surface area contributed by atoms with Crippen LogP contribution in [0.3, 0.4) is 0 Å². The van der Waals surface area contributed by atoms with Gasteiger partial charge in [0.1, 0.15) is 5.82 Å². The molecule has 0 radical (unpaired) electrons. The van der Waals surface area contributed by atoms with Crippen LogP contribution in [0.25, 0.3) is 10.9 Å². The molecule has 0 unspecified atom stereocenters. The first-order valence-electron chi connectivity index (χ1n) is 7.69. The van der Waals surface area contributed by atoms with Gasteiger partial charge in [-0.3, -0.25) is 9.59 Å². The first-order valence-corrected chi connectivity index (χ1v) is 7.69. The molecule has 2 aromatic carbocycles. The number of benzene rings is 2. The van der Waals surface area contributed by atoms with Crippen LogP contribution in [0.4, 0.5) is 4.39 Å². The minimum Gasteiger partial charge on any atom is -0.352 e. The van der Waals surface area contributed by atoms with Gasteiger partial charge in [0.05, 0.1) is 0 Å². The zero-order valence-electron chi connectivity index (χ0n) is 13.2. The molecule has 0 saturated heterocycles. The van der Waals surface area contributed by atoms with Gasteiger partial charge in [0.25, 0.3) is 11.5 Å². The van der Waals surface area contributed by atoms with E-state index in [0.29, 0.717) is 24.1 Å². The van der Waals surface area contributed by atoms with E-state index in [2.05, 4.69) is 10.3 Å². The minimum atomic E-state index is -0.365. The fourth-order valence-electron chi connectivity index (χ4n) is 2.54. The van der Waals surface area contributed by atoms with Crippen LogP contribution in [0.1, 0.15) is 21.5 Å². The molecule has 0 bridgehead atoms. The summed E-state index contributed by atoms with van der Waals surface area (Å²) in [7, 11) is 0. The zero-order chi connectivity index (χ0) is 17.1. The van der Waals surface area contributed by atoms with E-state index in [-0.39, 0.29) is 17.3 Å². The monoisotopic (exact) mass is 324 g/mol. The van der Waals surface area contributed by atoms with Crippen LogP contribution in [-0.2, 0) is 6.42 Å². The molecule has 0 spiro atoms. The van der Waals surface area contributed by atoms with E-state index in [1.54, 1.807) is 6.92 Å². The second-order valence-electron chi connectivity index (χ2n) is 5.72. The number of carbonyl (C=O) groups is 1. The van der Waals surface area contributed by atoms with Gasteiger partial charge in [-0.2, -0.15) is 0 Å². The summed E-state index contributed by atoms with van der Waals surface area (Å²) >= 11 is 0. The SMILES string of the molecule is Cc1cc2cc(CCNC(=O)c3ccc(F)cc3)ccc2[nH]c1=O. The summed E-state index contributed by atoms with van der Waals surface area (Å²) in [6.45, 7) is 2.25. The molecule has 1 heterocycles. The van der Waals surface area contributed by atoms with Crippen LogP contribution >= 0.6 is 0 Å². The Morgan fingerprint density at radius 3 is 2.62 bits per heavy atom. The zero-order valence-corrected chi connectivity index (χ0v) is 13.2. The molecule has 0 aliphatic heterocycles. The number of H-pyrrole nitrogens is 1.